The third kappa shape index (κ3) is 5.05. The summed E-state index contributed by atoms with van der Waals surface area (Å²) in [6.45, 7) is -0.401. The molecule has 0 spiro atoms. The number of carboxylic acids is 1. The van der Waals surface area contributed by atoms with Crippen LogP contribution in [0, 0.1) is 0 Å². The highest BCUT2D eigenvalue weighted by molar-refractivity contribution is 5.96. The normalized spacial score (nSPS) is 11.9. The minimum Gasteiger partial charge on any atom is -0.494 e. The van der Waals surface area contributed by atoms with Gasteiger partial charge in [-0.3, -0.25) is 4.79 Å². The Bertz CT molecular complexity index is 844. The van der Waals surface area contributed by atoms with Crippen molar-refractivity contribution < 1.29 is 41.4 Å². The summed E-state index contributed by atoms with van der Waals surface area (Å²) in [7, 11) is 0. The molecule has 0 unspecified atom stereocenters. The smallest absolute Gasteiger partial charge is 0.453 e. The number of rotatable bonds is 8. The number of hydrogen-bond acceptors (Lipinski definition) is 3. The van der Waals surface area contributed by atoms with E-state index in [-0.39, 0.29) is 16.9 Å². The lowest BCUT2D eigenvalue weighted by Crippen LogP contribution is -2.36. The number of alkyl halides is 5. The summed E-state index contributed by atoms with van der Waals surface area (Å²) in [5.41, 5.74) is 1.05. The van der Waals surface area contributed by atoms with E-state index in [1.165, 1.54) is 42.5 Å². The van der Waals surface area contributed by atoms with Crippen LogP contribution in [-0.4, -0.2) is 36.1 Å². The van der Waals surface area contributed by atoms with E-state index in [0.717, 1.165) is 0 Å². The van der Waals surface area contributed by atoms with Gasteiger partial charge in [-0.15, -0.1) is 0 Å². The van der Waals surface area contributed by atoms with Crippen molar-refractivity contribution in [2.75, 3.05) is 6.61 Å². The number of ether oxygens (including phenoxy) is 1. The molecule has 150 valence electrons. The second-order valence-electron chi connectivity index (χ2n) is 5.91. The zero-order chi connectivity index (χ0) is 20.9. The molecular formula is C19H15F5O4. The molecule has 0 heterocycles. The molecule has 1 N–H and O–H groups in total. The largest absolute Gasteiger partial charge is 0.494 e. The van der Waals surface area contributed by atoms with Gasteiger partial charge < -0.3 is 9.84 Å². The van der Waals surface area contributed by atoms with Crippen LogP contribution >= 0.6 is 0 Å². The molecule has 0 aliphatic carbocycles. The van der Waals surface area contributed by atoms with Gasteiger partial charge in [0, 0.05) is 12.0 Å². The predicted octanol–water partition coefficient (Wildman–Crippen LogP) is 5.22. The minimum absolute atomic E-state index is 0.0604. The zero-order valence-corrected chi connectivity index (χ0v) is 14.3. The van der Waals surface area contributed by atoms with Crippen molar-refractivity contribution in [2.24, 2.45) is 0 Å². The van der Waals surface area contributed by atoms with E-state index in [1.807, 2.05) is 0 Å². The number of carbonyl (C=O) groups excluding carboxylic acids is 1. The van der Waals surface area contributed by atoms with Gasteiger partial charge in [0.15, 0.2) is 0 Å². The average Bonchev–Trinajstić information content (AvgIpc) is 2.64. The molecule has 0 saturated heterocycles. The van der Waals surface area contributed by atoms with Crippen LogP contribution in [0.5, 0.6) is 5.75 Å². The Hall–Kier alpha value is -2.97. The highest BCUT2D eigenvalue weighted by Crippen LogP contribution is 2.38. The SMILES string of the molecule is O=Cc1ccc(-c2cc(OCCCC(F)(F)C(F)(F)F)ccc2C(=O)O)cc1. The second-order valence-corrected chi connectivity index (χ2v) is 5.91. The third-order valence-electron chi connectivity index (χ3n) is 3.90. The standard InChI is InChI=1S/C19H15F5O4/c20-18(21,19(22,23)24)8-1-9-28-14-6-7-15(17(26)27)16(10-14)13-4-2-12(11-25)3-5-13/h2-7,10-11H,1,8-9H2,(H,26,27). The molecule has 0 aliphatic rings. The van der Waals surface area contributed by atoms with E-state index in [4.69, 9.17) is 4.74 Å². The van der Waals surface area contributed by atoms with Crippen molar-refractivity contribution >= 4 is 12.3 Å². The number of carboxylic acid groups (broad SMARTS) is 1. The molecule has 2 rings (SSSR count). The number of aromatic carboxylic acids is 1. The van der Waals surface area contributed by atoms with Crippen molar-refractivity contribution in [1.29, 1.82) is 0 Å². The Morgan fingerprint density at radius 2 is 1.68 bits per heavy atom. The first kappa shape index (κ1) is 21.3. The quantitative estimate of drug-likeness (QED) is 0.374. The topological polar surface area (TPSA) is 63.6 Å². The Kier molecular flexibility index (Phi) is 6.37. The summed E-state index contributed by atoms with van der Waals surface area (Å²) in [6.07, 6.45) is -6.95. The van der Waals surface area contributed by atoms with Crippen molar-refractivity contribution in [3.8, 4) is 16.9 Å². The van der Waals surface area contributed by atoms with E-state index in [0.29, 0.717) is 17.4 Å². The average molecular weight is 402 g/mol. The van der Waals surface area contributed by atoms with E-state index >= 15 is 0 Å². The van der Waals surface area contributed by atoms with Gasteiger partial charge in [-0.1, -0.05) is 24.3 Å². The van der Waals surface area contributed by atoms with Crippen LogP contribution in [0.4, 0.5) is 22.0 Å². The molecule has 28 heavy (non-hydrogen) atoms. The maximum atomic E-state index is 12.9. The lowest BCUT2D eigenvalue weighted by atomic mass is 9.98. The number of benzene rings is 2. The summed E-state index contributed by atoms with van der Waals surface area (Å²) >= 11 is 0. The predicted molar refractivity (Wildman–Crippen MR) is 90.0 cm³/mol. The van der Waals surface area contributed by atoms with Gasteiger partial charge in [0.1, 0.15) is 12.0 Å². The van der Waals surface area contributed by atoms with Gasteiger partial charge in [0.25, 0.3) is 0 Å². The molecule has 2 aromatic carbocycles. The first-order valence-electron chi connectivity index (χ1n) is 8.05. The number of carbonyl (C=O) groups is 2. The summed E-state index contributed by atoms with van der Waals surface area (Å²) < 4.78 is 67.3. The molecule has 0 bridgehead atoms. The van der Waals surface area contributed by atoms with Crippen LogP contribution in [0.25, 0.3) is 11.1 Å². The fourth-order valence-corrected chi connectivity index (χ4v) is 2.41. The first-order chi connectivity index (χ1) is 13.0. The van der Waals surface area contributed by atoms with Crippen molar-refractivity contribution in [3.05, 3.63) is 53.6 Å². The Morgan fingerprint density at radius 1 is 1.04 bits per heavy atom. The monoisotopic (exact) mass is 402 g/mol. The molecule has 0 fully saturated rings. The Morgan fingerprint density at radius 3 is 2.21 bits per heavy atom. The van der Waals surface area contributed by atoms with Gasteiger partial charge in [0.2, 0.25) is 0 Å². The van der Waals surface area contributed by atoms with Crippen molar-refractivity contribution in [3.63, 3.8) is 0 Å². The molecular weight excluding hydrogens is 387 g/mol. The van der Waals surface area contributed by atoms with Gasteiger partial charge in [-0.05, 0) is 35.7 Å². The van der Waals surface area contributed by atoms with Gasteiger partial charge in [-0.2, -0.15) is 22.0 Å². The van der Waals surface area contributed by atoms with Crippen LogP contribution in [0.2, 0.25) is 0 Å². The lowest BCUT2D eigenvalue weighted by Gasteiger charge is -2.19. The third-order valence-corrected chi connectivity index (χ3v) is 3.90. The van der Waals surface area contributed by atoms with Crippen molar-refractivity contribution in [1.82, 2.24) is 0 Å². The summed E-state index contributed by atoms with van der Waals surface area (Å²) in [5.74, 6) is -5.89. The zero-order valence-electron chi connectivity index (χ0n) is 14.3. The summed E-state index contributed by atoms with van der Waals surface area (Å²) in [6, 6.07) is 9.90. The van der Waals surface area contributed by atoms with Gasteiger partial charge in [-0.25, -0.2) is 4.79 Å². The highest BCUT2D eigenvalue weighted by atomic mass is 19.4. The molecule has 4 nitrogen and oxygen atoms in total. The Labute approximate surface area is 156 Å². The van der Waals surface area contributed by atoms with Gasteiger partial charge >= 0.3 is 18.1 Å². The number of hydrogen-bond donors (Lipinski definition) is 1. The van der Waals surface area contributed by atoms with E-state index in [9.17, 15) is 36.6 Å². The van der Waals surface area contributed by atoms with Crippen LogP contribution in [0.3, 0.4) is 0 Å². The molecule has 2 aromatic rings. The Balaban J connectivity index is 2.14. The molecule has 0 saturated carbocycles. The van der Waals surface area contributed by atoms with E-state index in [2.05, 4.69) is 0 Å². The number of halogens is 5. The summed E-state index contributed by atoms with van der Waals surface area (Å²) in [5, 5.41) is 9.31. The molecule has 0 atom stereocenters. The fraction of sp³-hybridized carbons (Fsp3) is 0.263. The maximum Gasteiger partial charge on any atom is 0.453 e. The molecule has 0 amide bonds. The van der Waals surface area contributed by atoms with Gasteiger partial charge in [0.05, 0.1) is 12.2 Å². The number of aldehydes is 1. The molecule has 0 aromatic heterocycles. The van der Waals surface area contributed by atoms with E-state index < -0.39 is 37.5 Å². The van der Waals surface area contributed by atoms with Crippen LogP contribution < -0.4 is 4.74 Å². The van der Waals surface area contributed by atoms with Crippen LogP contribution in [-0.2, 0) is 0 Å². The van der Waals surface area contributed by atoms with Crippen LogP contribution in [0.15, 0.2) is 42.5 Å². The van der Waals surface area contributed by atoms with E-state index in [1.54, 1.807) is 0 Å². The maximum absolute atomic E-state index is 12.9. The minimum atomic E-state index is -5.61. The fourth-order valence-electron chi connectivity index (χ4n) is 2.41. The molecule has 0 aliphatic heterocycles. The first-order valence-corrected chi connectivity index (χ1v) is 8.05. The molecule has 0 radical (unpaired) electrons. The molecule has 9 heteroatoms. The highest BCUT2D eigenvalue weighted by Gasteiger charge is 2.56. The lowest BCUT2D eigenvalue weighted by molar-refractivity contribution is -0.284. The second kappa shape index (κ2) is 8.37. The van der Waals surface area contributed by atoms with Crippen molar-refractivity contribution in [2.45, 2.75) is 24.9 Å². The van der Waals surface area contributed by atoms with Crippen LogP contribution in [0.1, 0.15) is 33.6 Å². The summed E-state index contributed by atoms with van der Waals surface area (Å²) in [4.78, 5) is 22.1.